The van der Waals surface area contributed by atoms with E-state index in [2.05, 4.69) is 31.3 Å². The maximum atomic E-state index is 12.0. The number of hydrogen-bond donors (Lipinski definition) is 2. The molecule has 0 bridgehead atoms. The van der Waals surface area contributed by atoms with E-state index in [0.29, 0.717) is 5.56 Å². The van der Waals surface area contributed by atoms with E-state index < -0.39 is 10.8 Å². The van der Waals surface area contributed by atoms with Crippen LogP contribution in [0.2, 0.25) is 0 Å². The summed E-state index contributed by atoms with van der Waals surface area (Å²) in [5.41, 5.74) is 3.90. The molecular formula is C18H19N3O4. The fraction of sp³-hybridized carbons (Fsp3) is 0.222. The molecule has 0 atom stereocenters. The molecule has 0 radical (unpaired) electrons. The Morgan fingerprint density at radius 1 is 1.20 bits per heavy atom. The molecule has 7 heteroatoms. The van der Waals surface area contributed by atoms with Crippen LogP contribution < -0.4 is 5.43 Å². The lowest BCUT2D eigenvalue weighted by atomic mass is 9.86. The summed E-state index contributed by atoms with van der Waals surface area (Å²) < 4.78 is 0. The van der Waals surface area contributed by atoms with Crippen molar-refractivity contribution in [2.24, 2.45) is 5.10 Å². The number of nitro benzene ring substituents is 1. The van der Waals surface area contributed by atoms with Gasteiger partial charge in [0, 0.05) is 23.3 Å². The summed E-state index contributed by atoms with van der Waals surface area (Å²) in [4.78, 5) is 22.0. The van der Waals surface area contributed by atoms with Gasteiger partial charge in [0.05, 0.1) is 11.1 Å². The van der Waals surface area contributed by atoms with Gasteiger partial charge < -0.3 is 5.11 Å². The number of carbonyl (C=O) groups excluding carboxylic acids is 1. The standard InChI is InChI=1S/C18H19N3O4/c1-18(2,3)14-6-9-16(22)13(10-14)11-19-20-17(23)12-4-7-15(8-5-12)21(24)25/h4-11,22H,1-3H3,(H,20,23)/b19-11+. The maximum Gasteiger partial charge on any atom is 0.271 e. The molecular weight excluding hydrogens is 322 g/mol. The van der Waals surface area contributed by atoms with Crippen molar-refractivity contribution in [3.05, 3.63) is 69.3 Å². The molecule has 7 nitrogen and oxygen atoms in total. The Hall–Kier alpha value is -3.22. The summed E-state index contributed by atoms with van der Waals surface area (Å²) in [6.07, 6.45) is 1.36. The quantitative estimate of drug-likeness (QED) is 0.505. The molecule has 130 valence electrons. The Morgan fingerprint density at radius 2 is 1.84 bits per heavy atom. The Labute approximate surface area is 145 Å². The zero-order valence-electron chi connectivity index (χ0n) is 14.2. The summed E-state index contributed by atoms with van der Waals surface area (Å²) in [7, 11) is 0. The molecule has 1 amide bonds. The number of phenols is 1. The van der Waals surface area contributed by atoms with Crippen molar-refractivity contribution in [2.45, 2.75) is 26.2 Å². The van der Waals surface area contributed by atoms with Gasteiger partial charge in [0.15, 0.2) is 0 Å². The highest BCUT2D eigenvalue weighted by Gasteiger charge is 2.15. The SMILES string of the molecule is CC(C)(C)c1ccc(O)c(/C=N/NC(=O)c2ccc([N+](=O)[O-])cc2)c1. The van der Waals surface area contributed by atoms with Crippen LogP contribution in [0, 0.1) is 10.1 Å². The predicted octanol–water partition coefficient (Wildman–Crippen LogP) is 3.36. The Kier molecular flexibility index (Phi) is 5.17. The Balaban J connectivity index is 2.10. The van der Waals surface area contributed by atoms with Gasteiger partial charge in [-0.05, 0) is 35.2 Å². The third kappa shape index (κ3) is 4.63. The van der Waals surface area contributed by atoms with Crippen molar-refractivity contribution in [3.8, 4) is 5.75 Å². The molecule has 2 aromatic carbocycles. The van der Waals surface area contributed by atoms with Gasteiger partial charge in [-0.25, -0.2) is 5.43 Å². The number of carbonyl (C=O) groups is 1. The molecule has 2 rings (SSSR count). The molecule has 0 aliphatic carbocycles. The van der Waals surface area contributed by atoms with E-state index >= 15 is 0 Å². The average molecular weight is 341 g/mol. The van der Waals surface area contributed by atoms with Gasteiger partial charge in [-0.3, -0.25) is 14.9 Å². The maximum absolute atomic E-state index is 12.0. The summed E-state index contributed by atoms with van der Waals surface area (Å²) in [6, 6.07) is 10.4. The molecule has 0 saturated heterocycles. The first-order valence-corrected chi connectivity index (χ1v) is 7.60. The zero-order chi connectivity index (χ0) is 18.6. The van der Waals surface area contributed by atoms with E-state index in [1.54, 1.807) is 12.1 Å². The number of amides is 1. The molecule has 0 spiro atoms. The second-order valence-corrected chi connectivity index (χ2v) is 6.53. The van der Waals surface area contributed by atoms with E-state index in [1.807, 2.05) is 6.07 Å². The number of non-ortho nitro benzene ring substituents is 1. The van der Waals surface area contributed by atoms with Crippen LogP contribution >= 0.6 is 0 Å². The second-order valence-electron chi connectivity index (χ2n) is 6.53. The van der Waals surface area contributed by atoms with Crippen molar-refractivity contribution in [1.29, 1.82) is 0 Å². The number of nitro groups is 1. The fourth-order valence-corrected chi connectivity index (χ4v) is 2.08. The number of nitrogens with one attached hydrogen (secondary N) is 1. The monoisotopic (exact) mass is 341 g/mol. The minimum absolute atomic E-state index is 0.0568. The zero-order valence-corrected chi connectivity index (χ0v) is 14.2. The smallest absolute Gasteiger partial charge is 0.271 e. The van der Waals surface area contributed by atoms with Crippen molar-refractivity contribution in [1.82, 2.24) is 5.43 Å². The van der Waals surface area contributed by atoms with E-state index in [-0.39, 0.29) is 22.4 Å². The summed E-state index contributed by atoms with van der Waals surface area (Å²) in [5.74, 6) is -0.445. The first-order chi connectivity index (χ1) is 11.7. The van der Waals surface area contributed by atoms with Crippen LogP contribution in [-0.2, 0) is 5.41 Å². The topological polar surface area (TPSA) is 105 Å². The highest BCUT2D eigenvalue weighted by molar-refractivity contribution is 5.95. The molecule has 0 heterocycles. The van der Waals surface area contributed by atoms with Gasteiger partial charge in [0.25, 0.3) is 11.6 Å². The summed E-state index contributed by atoms with van der Waals surface area (Å²) in [6.45, 7) is 6.16. The van der Waals surface area contributed by atoms with Crippen molar-refractivity contribution in [2.75, 3.05) is 0 Å². The van der Waals surface area contributed by atoms with Gasteiger partial charge in [0.2, 0.25) is 0 Å². The molecule has 2 aromatic rings. The molecule has 0 unspecified atom stereocenters. The number of rotatable bonds is 4. The fourth-order valence-electron chi connectivity index (χ4n) is 2.08. The molecule has 25 heavy (non-hydrogen) atoms. The van der Waals surface area contributed by atoms with Gasteiger partial charge >= 0.3 is 0 Å². The minimum atomic E-state index is -0.537. The lowest BCUT2D eigenvalue weighted by Gasteiger charge is -2.19. The molecule has 2 N–H and O–H groups in total. The number of phenolic OH excluding ortho intramolecular Hbond substituents is 1. The molecule has 0 aromatic heterocycles. The van der Waals surface area contributed by atoms with E-state index in [1.165, 1.54) is 30.5 Å². The highest BCUT2D eigenvalue weighted by atomic mass is 16.6. The highest BCUT2D eigenvalue weighted by Crippen LogP contribution is 2.26. The van der Waals surface area contributed by atoms with Gasteiger partial charge in [-0.15, -0.1) is 0 Å². The Morgan fingerprint density at radius 3 is 2.40 bits per heavy atom. The molecule has 0 fully saturated rings. The van der Waals surface area contributed by atoms with E-state index in [9.17, 15) is 20.0 Å². The Bertz CT molecular complexity index is 821. The van der Waals surface area contributed by atoms with Crippen LogP contribution in [0.25, 0.3) is 0 Å². The van der Waals surface area contributed by atoms with Crippen molar-refractivity contribution >= 4 is 17.8 Å². The van der Waals surface area contributed by atoms with Crippen molar-refractivity contribution in [3.63, 3.8) is 0 Å². The van der Waals surface area contributed by atoms with E-state index in [0.717, 1.165) is 5.56 Å². The number of benzene rings is 2. The largest absolute Gasteiger partial charge is 0.507 e. The van der Waals surface area contributed by atoms with Crippen molar-refractivity contribution < 1.29 is 14.8 Å². The normalized spacial score (nSPS) is 11.5. The lowest BCUT2D eigenvalue weighted by molar-refractivity contribution is -0.384. The van der Waals surface area contributed by atoms with Crippen LogP contribution in [-0.4, -0.2) is 22.2 Å². The number of nitrogens with zero attached hydrogens (tertiary/aromatic N) is 2. The minimum Gasteiger partial charge on any atom is -0.507 e. The third-order valence-electron chi connectivity index (χ3n) is 3.60. The first kappa shape index (κ1) is 18.1. The van der Waals surface area contributed by atoms with Gasteiger partial charge in [-0.2, -0.15) is 5.10 Å². The third-order valence-corrected chi connectivity index (χ3v) is 3.60. The van der Waals surface area contributed by atoms with Crippen LogP contribution in [0.15, 0.2) is 47.6 Å². The predicted molar refractivity (Wildman–Crippen MR) is 95.0 cm³/mol. The summed E-state index contributed by atoms with van der Waals surface area (Å²) >= 11 is 0. The average Bonchev–Trinajstić information content (AvgIpc) is 2.55. The van der Waals surface area contributed by atoms with Gasteiger partial charge in [0.1, 0.15) is 5.75 Å². The van der Waals surface area contributed by atoms with Crippen LogP contribution in [0.1, 0.15) is 42.3 Å². The molecule has 0 aliphatic heterocycles. The number of aromatic hydroxyl groups is 1. The van der Waals surface area contributed by atoms with E-state index in [4.69, 9.17) is 0 Å². The number of hydrazone groups is 1. The molecule has 0 saturated carbocycles. The molecule has 0 aliphatic rings. The number of hydrogen-bond acceptors (Lipinski definition) is 5. The van der Waals surface area contributed by atoms with Crippen LogP contribution in [0.3, 0.4) is 0 Å². The van der Waals surface area contributed by atoms with Gasteiger partial charge in [-0.1, -0.05) is 26.8 Å². The van der Waals surface area contributed by atoms with Crippen LogP contribution in [0.5, 0.6) is 5.75 Å². The summed E-state index contributed by atoms with van der Waals surface area (Å²) in [5, 5.41) is 24.3. The lowest BCUT2D eigenvalue weighted by Crippen LogP contribution is -2.17. The first-order valence-electron chi connectivity index (χ1n) is 7.60. The second kappa shape index (κ2) is 7.12. The van der Waals surface area contributed by atoms with Crippen LogP contribution in [0.4, 0.5) is 5.69 Å².